The molecule has 2 aromatic rings. The molecule has 1 aromatic carbocycles. The molecule has 0 aliphatic rings. The molecule has 1 N–H and O–H groups in total. The zero-order chi connectivity index (χ0) is 15.9. The van der Waals surface area contributed by atoms with Crippen molar-refractivity contribution >= 4 is 17.7 Å². The van der Waals surface area contributed by atoms with E-state index in [1.54, 1.807) is 37.5 Å². The predicted octanol–water partition coefficient (Wildman–Crippen LogP) is 3.65. The Bertz CT molecular complexity index is 673. The van der Waals surface area contributed by atoms with Crippen LogP contribution in [0.15, 0.2) is 40.8 Å². The number of aryl methyl sites for hydroxylation is 1. The lowest BCUT2D eigenvalue weighted by Crippen LogP contribution is -2.09. The first-order valence-electron chi connectivity index (χ1n) is 6.98. The number of carbonyl (C=O) groups excluding carboxylic acids is 1. The average Bonchev–Trinajstić information content (AvgIpc) is 2.93. The Hall–Kier alpha value is -2.69. The van der Waals surface area contributed by atoms with Crippen molar-refractivity contribution in [3.05, 3.63) is 47.9 Å². The Balaban J connectivity index is 2.11. The minimum atomic E-state index is -0.275. The summed E-state index contributed by atoms with van der Waals surface area (Å²) in [6.07, 6.45) is 3.02. The summed E-state index contributed by atoms with van der Waals surface area (Å²) in [7, 11) is 1.57. The monoisotopic (exact) mass is 301 g/mol. The van der Waals surface area contributed by atoms with Gasteiger partial charge in [-0.3, -0.25) is 4.79 Å². The van der Waals surface area contributed by atoms with Gasteiger partial charge in [-0.15, -0.1) is 0 Å². The van der Waals surface area contributed by atoms with E-state index in [0.717, 1.165) is 5.76 Å². The van der Waals surface area contributed by atoms with Crippen molar-refractivity contribution in [1.29, 1.82) is 0 Å². The highest BCUT2D eigenvalue weighted by Crippen LogP contribution is 2.29. The lowest BCUT2D eigenvalue weighted by atomic mass is 10.2. The third-order valence-corrected chi connectivity index (χ3v) is 2.90. The summed E-state index contributed by atoms with van der Waals surface area (Å²) in [4.78, 5) is 12.0. The second kappa shape index (κ2) is 7.36. The number of amides is 1. The molecule has 0 saturated heterocycles. The number of hydrogen-bond acceptors (Lipinski definition) is 4. The topological polar surface area (TPSA) is 60.7 Å². The first kappa shape index (κ1) is 15.7. The number of hydrogen-bond donors (Lipinski definition) is 1. The maximum atomic E-state index is 12.0. The smallest absolute Gasteiger partial charge is 0.248 e. The molecule has 22 heavy (non-hydrogen) atoms. The molecule has 2 rings (SSSR count). The van der Waals surface area contributed by atoms with E-state index in [-0.39, 0.29) is 5.91 Å². The number of nitrogens with one attached hydrogen (secondary N) is 1. The standard InChI is InChI=1S/C17H19NO4/c1-4-21-16-9-7-14(20-3)11-15(16)18-17(19)10-8-13-6-5-12(2)22-13/h5-11H,4H2,1-3H3,(H,18,19)/b10-8+. The number of ether oxygens (including phenoxy) is 2. The normalized spacial score (nSPS) is 10.7. The van der Waals surface area contributed by atoms with Crippen LogP contribution in [0.5, 0.6) is 11.5 Å². The quantitative estimate of drug-likeness (QED) is 0.827. The summed E-state index contributed by atoms with van der Waals surface area (Å²) in [5.74, 6) is 2.39. The fraction of sp³-hybridized carbons (Fsp3) is 0.235. The molecule has 0 radical (unpaired) electrons. The molecule has 0 bridgehead atoms. The van der Waals surface area contributed by atoms with E-state index in [1.807, 2.05) is 19.9 Å². The fourth-order valence-electron chi connectivity index (χ4n) is 1.89. The minimum Gasteiger partial charge on any atom is -0.497 e. The second-order valence-electron chi connectivity index (χ2n) is 4.57. The largest absolute Gasteiger partial charge is 0.497 e. The van der Waals surface area contributed by atoms with Crippen molar-refractivity contribution in [1.82, 2.24) is 0 Å². The van der Waals surface area contributed by atoms with E-state index in [9.17, 15) is 4.79 Å². The molecule has 0 aliphatic heterocycles. The molecule has 5 heteroatoms. The average molecular weight is 301 g/mol. The van der Waals surface area contributed by atoms with Crippen LogP contribution in [0.3, 0.4) is 0 Å². The van der Waals surface area contributed by atoms with E-state index < -0.39 is 0 Å². The van der Waals surface area contributed by atoms with Gasteiger partial charge in [-0.25, -0.2) is 0 Å². The molecule has 5 nitrogen and oxygen atoms in total. The molecular formula is C17H19NO4. The zero-order valence-corrected chi connectivity index (χ0v) is 12.9. The van der Waals surface area contributed by atoms with Crippen LogP contribution >= 0.6 is 0 Å². The van der Waals surface area contributed by atoms with Crippen molar-refractivity contribution in [2.75, 3.05) is 19.0 Å². The van der Waals surface area contributed by atoms with Gasteiger partial charge in [0.25, 0.3) is 0 Å². The summed E-state index contributed by atoms with van der Waals surface area (Å²) in [6.45, 7) is 4.24. The third-order valence-electron chi connectivity index (χ3n) is 2.90. The van der Waals surface area contributed by atoms with Crippen molar-refractivity contribution in [2.24, 2.45) is 0 Å². The Labute approximate surface area is 129 Å². The summed E-state index contributed by atoms with van der Waals surface area (Å²) < 4.78 is 16.0. The van der Waals surface area contributed by atoms with E-state index in [0.29, 0.717) is 29.6 Å². The lowest BCUT2D eigenvalue weighted by molar-refractivity contribution is -0.111. The van der Waals surface area contributed by atoms with Crippen LogP contribution in [0.25, 0.3) is 6.08 Å². The second-order valence-corrected chi connectivity index (χ2v) is 4.57. The first-order chi connectivity index (χ1) is 10.6. The lowest BCUT2D eigenvalue weighted by Gasteiger charge is -2.11. The third kappa shape index (κ3) is 4.15. The Morgan fingerprint density at radius 3 is 2.77 bits per heavy atom. The number of carbonyl (C=O) groups is 1. The van der Waals surface area contributed by atoms with Gasteiger partial charge in [-0.2, -0.15) is 0 Å². The highest BCUT2D eigenvalue weighted by molar-refractivity contribution is 6.02. The molecule has 1 amide bonds. The molecule has 0 fully saturated rings. The number of benzene rings is 1. The van der Waals surface area contributed by atoms with Crippen LogP contribution < -0.4 is 14.8 Å². The maximum absolute atomic E-state index is 12.0. The van der Waals surface area contributed by atoms with Gasteiger partial charge in [0.2, 0.25) is 5.91 Å². The van der Waals surface area contributed by atoms with Crippen LogP contribution in [0.1, 0.15) is 18.4 Å². The summed E-state index contributed by atoms with van der Waals surface area (Å²) >= 11 is 0. The molecule has 1 heterocycles. The molecule has 0 spiro atoms. The molecule has 1 aromatic heterocycles. The van der Waals surface area contributed by atoms with E-state index in [4.69, 9.17) is 13.9 Å². The molecular weight excluding hydrogens is 282 g/mol. The number of anilines is 1. The van der Waals surface area contributed by atoms with E-state index >= 15 is 0 Å². The predicted molar refractivity (Wildman–Crippen MR) is 85.3 cm³/mol. The highest BCUT2D eigenvalue weighted by atomic mass is 16.5. The first-order valence-corrected chi connectivity index (χ1v) is 6.98. The zero-order valence-electron chi connectivity index (χ0n) is 12.9. The van der Waals surface area contributed by atoms with Gasteiger partial charge in [0.05, 0.1) is 19.4 Å². The summed E-state index contributed by atoms with van der Waals surface area (Å²) in [5, 5.41) is 2.77. The SMILES string of the molecule is CCOc1ccc(OC)cc1NC(=O)/C=C/c1ccc(C)o1. The number of rotatable bonds is 6. The molecule has 0 atom stereocenters. The van der Waals surface area contributed by atoms with Gasteiger partial charge in [-0.1, -0.05) is 0 Å². The summed E-state index contributed by atoms with van der Waals surface area (Å²) in [5.41, 5.74) is 0.562. The van der Waals surface area contributed by atoms with Crippen LogP contribution in [-0.4, -0.2) is 19.6 Å². The van der Waals surface area contributed by atoms with Crippen molar-refractivity contribution in [3.63, 3.8) is 0 Å². The van der Waals surface area contributed by atoms with Crippen molar-refractivity contribution in [2.45, 2.75) is 13.8 Å². The Kier molecular flexibility index (Phi) is 5.25. The molecule has 0 saturated carbocycles. The molecule has 0 aliphatic carbocycles. The van der Waals surface area contributed by atoms with Crippen molar-refractivity contribution < 1.29 is 18.7 Å². The Morgan fingerprint density at radius 1 is 1.32 bits per heavy atom. The number of methoxy groups -OCH3 is 1. The highest BCUT2D eigenvalue weighted by Gasteiger charge is 2.08. The summed E-state index contributed by atoms with van der Waals surface area (Å²) in [6, 6.07) is 8.90. The molecule has 116 valence electrons. The van der Waals surface area contributed by atoms with E-state index in [2.05, 4.69) is 5.32 Å². The van der Waals surface area contributed by atoms with Gasteiger partial charge in [-0.05, 0) is 44.2 Å². The fourth-order valence-corrected chi connectivity index (χ4v) is 1.89. The van der Waals surface area contributed by atoms with Gasteiger partial charge >= 0.3 is 0 Å². The maximum Gasteiger partial charge on any atom is 0.248 e. The van der Waals surface area contributed by atoms with Gasteiger partial charge in [0.15, 0.2) is 0 Å². The van der Waals surface area contributed by atoms with Crippen LogP contribution in [0.4, 0.5) is 5.69 Å². The van der Waals surface area contributed by atoms with Crippen LogP contribution in [-0.2, 0) is 4.79 Å². The molecule has 0 unspecified atom stereocenters. The minimum absolute atomic E-state index is 0.275. The van der Waals surface area contributed by atoms with E-state index in [1.165, 1.54) is 6.08 Å². The van der Waals surface area contributed by atoms with Gasteiger partial charge < -0.3 is 19.2 Å². The van der Waals surface area contributed by atoms with Gasteiger partial charge in [0, 0.05) is 12.1 Å². The van der Waals surface area contributed by atoms with Crippen LogP contribution in [0, 0.1) is 6.92 Å². The Morgan fingerprint density at radius 2 is 2.14 bits per heavy atom. The van der Waals surface area contributed by atoms with Crippen molar-refractivity contribution in [3.8, 4) is 11.5 Å². The van der Waals surface area contributed by atoms with Gasteiger partial charge in [0.1, 0.15) is 23.0 Å². The number of furan rings is 1. The van der Waals surface area contributed by atoms with Crippen LogP contribution in [0.2, 0.25) is 0 Å².